The minimum Gasteiger partial charge on any atom is -0.486 e. The summed E-state index contributed by atoms with van der Waals surface area (Å²) in [6.07, 6.45) is 1.61. The third-order valence-corrected chi connectivity index (χ3v) is 1.62. The number of aliphatic imine (C=N–C) groups is 1. The molecular weight excluding hydrogens is 159 g/mol. The fourth-order valence-electron chi connectivity index (χ4n) is 1.04. The highest BCUT2D eigenvalue weighted by Crippen LogP contribution is 2.32. The molecule has 0 saturated carbocycles. The lowest BCUT2D eigenvalue weighted by molar-refractivity contribution is 0.374. The summed E-state index contributed by atoms with van der Waals surface area (Å²) in [4.78, 5) is 4.00. The summed E-state index contributed by atoms with van der Waals surface area (Å²) in [5.74, 6) is -0.0185. The van der Waals surface area contributed by atoms with Gasteiger partial charge in [-0.25, -0.2) is 4.39 Å². The summed E-state index contributed by atoms with van der Waals surface area (Å²) in [7, 11) is 0. The molecular formula is C8H7FN2O. The number of benzene rings is 1. The maximum atomic E-state index is 12.8. The van der Waals surface area contributed by atoms with Gasteiger partial charge in [0.1, 0.15) is 23.9 Å². The standard InChI is InChI=1S/C8H7FN2O/c9-5-3-8-7(4-6(5)10)11-1-2-12-8/h1,3-4H,2,10H2. The maximum Gasteiger partial charge on any atom is 0.149 e. The Kier molecular flexibility index (Phi) is 1.46. The van der Waals surface area contributed by atoms with Crippen LogP contribution in [0.15, 0.2) is 17.1 Å². The number of fused-ring (bicyclic) bond motifs is 1. The summed E-state index contributed by atoms with van der Waals surface area (Å²) < 4.78 is 18.0. The van der Waals surface area contributed by atoms with Gasteiger partial charge in [-0.1, -0.05) is 0 Å². The molecule has 1 aliphatic rings. The molecule has 0 unspecified atom stereocenters. The lowest BCUT2D eigenvalue weighted by Crippen LogP contribution is -2.04. The van der Waals surface area contributed by atoms with Gasteiger partial charge in [-0.2, -0.15) is 0 Å². The largest absolute Gasteiger partial charge is 0.486 e. The first kappa shape index (κ1) is 7.09. The molecule has 1 heterocycles. The molecule has 0 amide bonds. The zero-order chi connectivity index (χ0) is 8.55. The van der Waals surface area contributed by atoms with Gasteiger partial charge in [0.15, 0.2) is 0 Å². The van der Waals surface area contributed by atoms with Gasteiger partial charge >= 0.3 is 0 Å². The second-order valence-electron chi connectivity index (χ2n) is 2.46. The van der Waals surface area contributed by atoms with E-state index in [-0.39, 0.29) is 5.69 Å². The van der Waals surface area contributed by atoms with Crippen molar-refractivity contribution < 1.29 is 9.13 Å². The van der Waals surface area contributed by atoms with E-state index in [4.69, 9.17) is 10.5 Å². The van der Waals surface area contributed by atoms with Gasteiger partial charge in [-0.15, -0.1) is 0 Å². The molecule has 0 bridgehead atoms. The van der Waals surface area contributed by atoms with Crippen LogP contribution in [0, 0.1) is 5.82 Å². The van der Waals surface area contributed by atoms with Crippen LogP contribution in [0.2, 0.25) is 0 Å². The molecule has 3 nitrogen and oxygen atoms in total. The smallest absolute Gasteiger partial charge is 0.149 e. The molecule has 4 heteroatoms. The maximum absolute atomic E-state index is 12.8. The normalized spacial score (nSPS) is 13.8. The Morgan fingerprint density at radius 1 is 1.50 bits per heavy atom. The van der Waals surface area contributed by atoms with Gasteiger partial charge in [-0.3, -0.25) is 4.99 Å². The number of hydrogen-bond donors (Lipinski definition) is 1. The van der Waals surface area contributed by atoms with Crippen molar-refractivity contribution in [3.05, 3.63) is 17.9 Å². The second kappa shape index (κ2) is 2.48. The van der Waals surface area contributed by atoms with E-state index >= 15 is 0 Å². The van der Waals surface area contributed by atoms with E-state index in [0.717, 1.165) is 0 Å². The first-order valence-corrected chi connectivity index (χ1v) is 3.52. The SMILES string of the molecule is Nc1cc2c(cc1F)OCC=N2. The van der Waals surface area contributed by atoms with E-state index in [1.807, 2.05) is 0 Å². The molecule has 0 radical (unpaired) electrons. The van der Waals surface area contributed by atoms with Gasteiger partial charge < -0.3 is 10.5 Å². The van der Waals surface area contributed by atoms with Gasteiger partial charge in [0.25, 0.3) is 0 Å². The average molecular weight is 166 g/mol. The lowest BCUT2D eigenvalue weighted by Gasteiger charge is -2.11. The number of nitrogens with two attached hydrogens (primary N) is 1. The number of ether oxygens (including phenoxy) is 1. The Bertz CT molecular complexity index is 349. The highest BCUT2D eigenvalue weighted by molar-refractivity contribution is 5.73. The van der Waals surface area contributed by atoms with Crippen molar-refractivity contribution >= 4 is 17.6 Å². The van der Waals surface area contributed by atoms with Crippen LogP contribution in [0.5, 0.6) is 5.75 Å². The van der Waals surface area contributed by atoms with Gasteiger partial charge in [0.05, 0.1) is 5.69 Å². The monoisotopic (exact) mass is 166 g/mol. The molecule has 62 valence electrons. The molecule has 0 saturated heterocycles. The van der Waals surface area contributed by atoms with Crippen molar-refractivity contribution in [2.75, 3.05) is 12.3 Å². The van der Waals surface area contributed by atoms with Gasteiger partial charge in [0, 0.05) is 12.3 Å². The fraction of sp³-hybridized carbons (Fsp3) is 0.125. The Hall–Kier alpha value is -1.58. The van der Waals surface area contributed by atoms with Gasteiger partial charge in [-0.05, 0) is 6.07 Å². The van der Waals surface area contributed by atoms with Crippen LogP contribution in [-0.4, -0.2) is 12.8 Å². The van der Waals surface area contributed by atoms with E-state index in [9.17, 15) is 4.39 Å². The van der Waals surface area contributed by atoms with Crippen LogP contribution in [0.4, 0.5) is 15.8 Å². The summed E-state index contributed by atoms with van der Waals surface area (Å²) in [6.45, 7) is 0.385. The topological polar surface area (TPSA) is 47.6 Å². The molecule has 1 aliphatic heterocycles. The van der Waals surface area contributed by atoms with Gasteiger partial charge in [0.2, 0.25) is 0 Å². The number of anilines is 1. The molecule has 2 rings (SSSR count). The molecule has 1 aromatic rings. The van der Waals surface area contributed by atoms with Crippen LogP contribution in [0.1, 0.15) is 0 Å². The Morgan fingerprint density at radius 3 is 3.17 bits per heavy atom. The predicted octanol–water partition coefficient (Wildman–Crippen LogP) is 1.50. The zero-order valence-corrected chi connectivity index (χ0v) is 6.25. The van der Waals surface area contributed by atoms with E-state index in [1.54, 1.807) is 6.21 Å². The quantitative estimate of drug-likeness (QED) is 0.594. The van der Waals surface area contributed by atoms with Crippen LogP contribution in [0.25, 0.3) is 0 Å². The minimum absolute atomic E-state index is 0.0939. The number of rotatable bonds is 0. The molecule has 0 spiro atoms. The summed E-state index contributed by atoms with van der Waals surface area (Å²) >= 11 is 0. The van der Waals surface area contributed by atoms with E-state index in [0.29, 0.717) is 18.0 Å². The summed E-state index contributed by atoms with van der Waals surface area (Å²) in [5.41, 5.74) is 6.02. The van der Waals surface area contributed by atoms with E-state index < -0.39 is 5.82 Å². The Labute approximate surface area is 68.7 Å². The van der Waals surface area contributed by atoms with Crippen LogP contribution < -0.4 is 10.5 Å². The van der Waals surface area contributed by atoms with Crippen molar-refractivity contribution in [2.24, 2.45) is 4.99 Å². The van der Waals surface area contributed by atoms with Crippen molar-refractivity contribution in [3.63, 3.8) is 0 Å². The Balaban J connectivity index is 2.58. The summed E-state index contributed by atoms with van der Waals surface area (Å²) in [5, 5.41) is 0. The molecule has 0 aromatic heterocycles. The highest BCUT2D eigenvalue weighted by atomic mass is 19.1. The molecule has 0 fully saturated rings. The third-order valence-electron chi connectivity index (χ3n) is 1.62. The van der Waals surface area contributed by atoms with Crippen LogP contribution in [0.3, 0.4) is 0 Å². The number of nitrogens with zero attached hydrogens (tertiary/aromatic N) is 1. The average Bonchev–Trinajstić information content (AvgIpc) is 2.07. The number of hydrogen-bond acceptors (Lipinski definition) is 3. The molecule has 1 aromatic carbocycles. The first-order valence-electron chi connectivity index (χ1n) is 3.52. The molecule has 2 N–H and O–H groups in total. The van der Waals surface area contributed by atoms with Crippen LogP contribution >= 0.6 is 0 Å². The van der Waals surface area contributed by atoms with E-state index in [2.05, 4.69) is 4.99 Å². The predicted molar refractivity (Wildman–Crippen MR) is 44.5 cm³/mol. The van der Waals surface area contributed by atoms with Crippen molar-refractivity contribution in [2.45, 2.75) is 0 Å². The zero-order valence-electron chi connectivity index (χ0n) is 6.25. The Morgan fingerprint density at radius 2 is 2.33 bits per heavy atom. The first-order chi connectivity index (χ1) is 5.77. The lowest BCUT2D eigenvalue weighted by atomic mass is 10.2. The minimum atomic E-state index is -0.467. The fourth-order valence-corrected chi connectivity index (χ4v) is 1.04. The van der Waals surface area contributed by atoms with Crippen molar-refractivity contribution in [1.82, 2.24) is 0 Å². The summed E-state index contributed by atoms with van der Waals surface area (Å²) in [6, 6.07) is 2.71. The third kappa shape index (κ3) is 1.01. The second-order valence-corrected chi connectivity index (χ2v) is 2.46. The molecule has 12 heavy (non-hydrogen) atoms. The number of nitrogen functional groups attached to an aromatic ring is 1. The number of halogens is 1. The van der Waals surface area contributed by atoms with E-state index in [1.165, 1.54) is 12.1 Å². The molecule has 0 aliphatic carbocycles. The van der Waals surface area contributed by atoms with Crippen molar-refractivity contribution in [1.29, 1.82) is 0 Å². The highest BCUT2D eigenvalue weighted by Gasteiger charge is 2.10. The molecule has 0 atom stereocenters. The van der Waals surface area contributed by atoms with Crippen LogP contribution in [-0.2, 0) is 0 Å². The van der Waals surface area contributed by atoms with Crippen molar-refractivity contribution in [3.8, 4) is 5.75 Å².